The summed E-state index contributed by atoms with van der Waals surface area (Å²) in [5.74, 6) is 0.184. The van der Waals surface area contributed by atoms with Crippen LogP contribution in [0.2, 0.25) is 0 Å². The number of rotatable bonds is 6. The Morgan fingerprint density at radius 3 is 3.04 bits per heavy atom. The van der Waals surface area contributed by atoms with Crippen molar-refractivity contribution in [1.82, 2.24) is 20.3 Å². The zero-order valence-electron chi connectivity index (χ0n) is 14.7. The molecule has 0 radical (unpaired) electrons. The second-order valence-corrected chi connectivity index (χ2v) is 7.16. The zero-order chi connectivity index (χ0) is 18.5. The minimum Gasteiger partial charge on any atom is -0.379 e. The number of nitrogens with zero attached hydrogens (tertiary/aromatic N) is 2. The van der Waals surface area contributed by atoms with E-state index in [0.717, 1.165) is 5.69 Å². The van der Waals surface area contributed by atoms with Crippen LogP contribution in [0.1, 0.15) is 48.1 Å². The standard InChI is InChI=1S/C17H22N4O4S/c1-10(2)15-18-5-12(17(23)21-15)16(22)20-13-3-4-24-7-14(13)25-6-11-8-26-9-19-11/h5,8-10,13-14H,3-4,6-7H2,1-2H3,(H,20,22)(H,18,21,23)/t13-,14-/m1/s1. The van der Waals surface area contributed by atoms with Gasteiger partial charge in [-0.25, -0.2) is 9.97 Å². The molecule has 0 aliphatic carbocycles. The Hall–Kier alpha value is -2.10. The molecule has 1 amide bonds. The Bertz CT molecular complexity index is 790. The Morgan fingerprint density at radius 2 is 2.35 bits per heavy atom. The molecule has 1 aliphatic heterocycles. The van der Waals surface area contributed by atoms with E-state index in [-0.39, 0.29) is 23.6 Å². The quantitative estimate of drug-likeness (QED) is 0.788. The lowest BCUT2D eigenvalue weighted by atomic mass is 10.1. The van der Waals surface area contributed by atoms with Gasteiger partial charge >= 0.3 is 0 Å². The van der Waals surface area contributed by atoms with Crippen molar-refractivity contribution in [3.8, 4) is 0 Å². The molecule has 8 nitrogen and oxygen atoms in total. The predicted molar refractivity (Wildman–Crippen MR) is 96.3 cm³/mol. The molecule has 9 heteroatoms. The van der Waals surface area contributed by atoms with Crippen molar-refractivity contribution in [2.75, 3.05) is 13.2 Å². The van der Waals surface area contributed by atoms with Crippen LogP contribution in [0.3, 0.4) is 0 Å². The first kappa shape index (κ1) is 18.7. The van der Waals surface area contributed by atoms with E-state index in [1.165, 1.54) is 17.5 Å². The molecular formula is C17H22N4O4S. The van der Waals surface area contributed by atoms with E-state index in [9.17, 15) is 9.59 Å². The Labute approximate surface area is 155 Å². The van der Waals surface area contributed by atoms with E-state index in [4.69, 9.17) is 9.47 Å². The van der Waals surface area contributed by atoms with Gasteiger partial charge in [-0.1, -0.05) is 13.8 Å². The molecule has 3 rings (SSSR count). The van der Waals surface area contributed by atoms with Gasteiger partial charge in [0.1, 0.15) is 17.5 Å². The molecule has 140 valence electrons. The molecule has 0 spiro atoms. The van der Waals surface area contributed by atoms with Crippen LogP contribution in [0.4, 0.5) is 0 Å². The van der Waals surface area contributed by atoms with Crippen LogP contribution < -0.4 is 10.9 Å². The van der Waals surface area contributed by atoms with Crippen LogP contribution >= 0.6 is 11.3 Å². The van der Waals surface area contributed by atoms with E-state index in [1.54, 1.807) is 5.51 Å². The molecule has 2 aromatic heterocycles. The van der Waals surface area contributed by atoms with Gasteiger partial charge in [0.15, 0.2) is 0 Å². The molecule has 3 heterocycles. The lowest BCUT2D eigenvalue weighted by Gasteiger charge is -2.31. The summed E-state index contributed by atoms with van der Waals surface area (Å²) in [4.78, 5) is 35.7. The minimum absolute atomic E-state index is 0.000793. The van der Waals surface area contributed by atoms with Gasteiger partial charge in [-0.05, 0) is 6.42 Å². The number of hydrogen-bond donors (Lipinski definition) is 2. The third-order valence-corrected chi connectivity index (χ3v) is 4.80. The average molecular weight is 378 g/mol. The normalized spacial score (nSPS) is 20.3. The summed E-state index contributed by atoms with van der Waals surface area (Å²) in [6.07, 6.45) is 1.65. The van der Waals surface area contributed by atoms with Gasteiger partial charge < -0.3 is 19.8 Å². The van der Waals surface area contributed by atoms with Gasteiger partial charge in [-0.2, -0.15) is 0 Å². The number of ether oxygens (including phenoxy) is 2. The summed E-state index contributed by atoms with van der Waals surface area (Å²) >= 11 is 1.50. The number of aromatic nitrogens is 3. The first-order valence-electron chi connectivity index (χ1n) is 8.51. The molecule has 2 aromatic rings. The number of carbonyl (C=O) groups excluding carboxylic acids is 1. The molecule has 26 heavy (non-hydrogen) atoms. The monoisotopic (exact) mass is 378 g/mol. The average Bonchev–Trinajstić information content (AvgIpc) is 3.14. The molecule has 1 fully saturated rings. The van der Waals surface area contributed by atoms with Crippen molar-refractivity contribution < 1.29 is 14.3 Å². The maximum atomic E-state index is 12.5. The van der Waals surface area contributed by atoms with Gasteiger partial charge in [-0.3, -0.25) is 9.59 Å². The predicted octanol–water partition coefficient (Wildman–Crippen LogP) is 1.45. The second kappa shape index (κ2) is 8.52. The van der Waals surface area contributed by atoms with Crippen molar-refractivity contribution in [3.05, 3.63) is 44.5 Å². The smallest absolute Gasteiger partial charge is 0.263 e. The largest absolute Gasteiger partial charge is 0.379 e. The number of aromatic amines is 1. The van der Waals surface area contributed by atoms with Gasteiger partial charge in [0.2, 0.25) is 0 Å². The van der Waals surface area contributed by atoms with Crippen LogP contribution in [0, 0.1) is 0 Å². The highest BCUT2D eigenvalue weighted by atomic mass is 32.1. The summed E-state index contributed by atoms with van der Waals surface area (Å²) in [6.45, 7) is 5.11. The highest BCUT2D eigenvalue weighted by Crippen LogP contribution is 2.15. The summed E-state index contributed by atoms with van der Waals surface area (Å²) in [6, 6.07) is -0.237. The van der Waals surface area contributed by atoms with Crippen molar-refractivity contribution in [3.63, 3.8) is 0 Å². The topological polar surface area (TPSA) is 106 Å². The van der Waals surface area contributed by atoms with Crippen LogP contribution in [-0.2, 0) is 16.1 Å². The molecule has 0 saturated carbocycles. The van der Waals surface area contributed by atoms with Crippen molar-refractivity contribution in [2.24, 2.45) is 0 Å². The van der Waals surface area contributed by atoms with E-state index < -0.39 is 11.5 Å². The Morgan fingerprint density at radius 1 is 1.50 bits per heavy atom. The summed E-state index contributed by atoms with van der Waals surface area (Å²) in [7, 11) is 0. The fourth-order valence-electron chi connectivity index (χ4n) is 2.65. The number of amides is 1. The SMILES string of the molecule is CC(C)c1ncc(C(=O)N[C@@H]2CCOC[C@H]2OCc2cscn2)c(=O)[nH]1. The molecule has 2 atom stereocenters. The highest BCUT2D eigenvalue weighted by molar-refractivity contribution is 7.07. The van der Waals surface area contributed by atoms with E-state index in [2.05, 4.69) is 20.3 Å². The molecule has 1 saturated heterocycles. The molecule has 0 bridgehead atoms. The summed E-state index contributed by atoms with van der Waals surface area (Å²) in [5.41, 5.74) is 2.15. The molecular weight excluding hydrogens is 356 g/mol. The zero-order valence-corrected chi connectivity index (χ0v) is 15.5. The number of carbonyl (C=O) groups is 1. The van der Waals surface area contributed by atoms with Gasteiger partial charge in [0.05, 0.1) is 30.5 Å². The summed E-state index contributed by atoms with van der Waals surface area (Å²) in [5, 5.41) is 4.80. The van der Waals surface area contributed by atoms with Crippen LogP contribution in [-0.4, -0.2) is 46.2 Å². The lowest BCUT2D eigenvalue weighted by molar-refractivity contribution is -0.0742. The lowest BCUT2D eigenvalue weighted by Crippen LogP contribution is -2.50. The number of thiazole rings is 1. The van der Waals surface area contributed by atoms with Crippen molar-refractivity contribution >= 4 is 17.2 Å². The van der Waals surface area contributed by atoms with E-state index >= 15 is 0 Å². The first-order chi connectivity index (χ1) is 12.5. The van der Waals surface area contributed by atoms with Crippen LogP contribution in [0.25, 0.3) is 0 Å². The van der Waals surface area contributed by atoms with Gasteiger partial charge in [-0.15, -0.1) is 11.3 Å². The maximum Gasteiger partial charge on any atom is 0.263 e. The Balaban J connectivity index is 1.65. The molecule has 0 aromatic carbocycles. The van der Waals surface area contributed by atoms with Crippen LogP contribution in [0.5, 0.6) is 0 Å². The number of hydrogen-bond acceptors (Lipinski definition) is 7. The van der Waals surface area contributed by atoms with E-state index in [0.29, 0.717) is 32.1 Å². The van der Waals surface area contributed by atoms with Crippen molar-refractivity contribution in [2.45, 2.75) is 44.9 Å². The van der Waals surface area contributed by atoms with Crippen LogP contribution in [0.15, 0.2) is 21.9 Å². The van der Waals surface area contributed by atoms with E-state index in [1.807, 2.05) is 19.2 Å². The molecule has 2 N–H and O–H groups in total. The fraction of sp³-hybridized carbons (Fsp3) is 0.529. The number of H-pyrrole nitrogens is 1. The molecule has 0 unspecified atom stereocenters. The van der Waals surface area contributed by atoms with Gasteiger partial charge in [0.25, 0.3) is 11.5 Å². The van der Waals surface area contributed by atoms with Crippen molar-refractivity contribution in [1.29, 1.82) is 0 Å². The summed E-state index contributed by atoms with van der Waals surface area (Å²) < 4.78 is 11.3. The Kier molecular flexibility index (Phi) is 6.12. The third-order valence-electron chi connectivity index (χ3n) is 4.16. The second-order valence-electron chi connectivity index (χ2n) is 6.44. The number of nitrogens with one attached hydrogen (secondary N) is 2. The fourth-order valence-corrected chi connectivity index (χ4v) is 3.20. The van der Waals surface area contributed by atoms with Gasteiger partial charge in [0, 0.05) is 24.1 Å². The maximum absolute atomic E-state index is 12.5. The highest BCUT2D eigenvalue weighted by Gasteiger charge is 2.29. The third kappa shape index (κ3) is 4.54. The first-order valence-corrected chi connectivity index (χ1v) is 9.45. The minimum atomic E-state index is -0.455. The molecule has 1 aliphatic rings.